The molecule has 2 aromatic carbocycles. The lowest BCUT2D eigenvalue weighted by Crippen LogP contribution is -2.32. The van der Waals surface area contributed by atoms with Crippen LogP contribution in [0.25, 0.3) is 0 Å². The molecule has 0 saturated heterocycles. The van der Waals surface area contributed by atoms with Crippen molar-refractivity contribution >= 4 is 23.7 Å². The fourth-order valence-electron chi connectivity index (χ4n) is 1.96. The zero-order valence-corrected chi connectivity index (χ0v) is 14.2. The maximum absolute atomic E-state index is 11.8. The molecule has 0 unspecified atom stereocenters. The van der Waals surface area contributed by atoms with E-state index in [-0.39, 0.29) is 0 Å². The number of hydrogen-bond acceptors (Lipinski definition) is 5. The third-order valence-electron chi connectivity index (χ3n) is 3.33. The summed E-state index contributed by atoms with van der Waals surface area (Å²) in [7, 11) is 3.06. The zero-order chi connectivity index (χ0) is 18.2. The molecule has 0 aliphatic rings. The summed E-state index contributed by atoms with van der Waals surface area (Å²) in [4.78, 5) is 23.6. The van der Waals surface area contributed by atoms with Crippen molar-refractivity contribution in [1.29, 1.82) is 0 Å². The molecule has 2 aromatic rings. The fourth-order valence-corrected chi connectivity index (χ4v) is 1.96. The van der Waals surface area contributed by atoms with E-state index in [1.54, 1.807) is 37.4 Å². The highest BCUT2D eigenvalue weighted by atomic mass is 16.5. The SMILES string of the molecule is COc1ccc(/C=N\NC(=O)C(=O)Nc2ccc(C)cc2)c(OC)c1. The lowest BCUT2D eigenvalue weighted by molar-refractivity contribution is -0.136. The van der Waals surface area contributed by atoms with Gasteiger partial charge in [-0.25, -0.2) is 5.43 Å². The number of methoxy groups -OCH3 is 2. The first-order valence-electron chi connectivity index (χ1n) is 7.46. The third kappa shape index (κ3) is 5.07. The summed E-state index contributed by atoms with van der Waals surface area (Å²) in [6.45, 7) is 1.93. The first-order valence-corrected chi connectivity index (χ1v) is 7.46. The van der Waals surface area contributed by atoms with Gasteiger partial charge in [-0.1, -0.05) is 17.7 Å². The van der Waals surface area contributed by atoms with Crippen molar-refractivity contribution in [1.82, 2.24) is 5.43 Å². The van der Waals surface area contributed by atoms with Gasteiger partial charge in [-0.2, -0.15) is 5.10 Å². The summed E-state index contributed by atoms with van der Waals surface area (Å²) in [6, 6.07) is 12.2. The van der Waals surface area contributed by atoms with Crippen molar-refractivity contribution < 1.29 is 19.1 Å². The molecule has 0 saturated carbocycles. The second-order valence-corrected chi connectivity index (χ2v) is 5.13. The standard InChI is InChI=1S/C18H19N3O4/c1-12-4-7-14(8-5-12)20-17(22)18(23)21-19-11-13-6-9-15(24-2)10-16(13)25-3/h4-11H,1-3H3,(H,20,22)(H,21,23)/b19-11-. The van der Waals surface area contributed by atoms with Crippen molar-refractivity contribution in [3.8, 4) is 11.5 Å². The Balaban J connectivity index is 1.95. The molecule has 7 nitrogen and oxygen atoms in total. The minimum absolute atomic E-state index is 0.529. The molecule has 2 rings (SSSR count). The van der Waals surface area contributed by atoms with Gasteiger partial charge in [0.1, 0.15) is 11.5 Å². The van der Waals surface area contributed by atoms with Crippen LogP contribution in [0.15, 0.2) is 47.6 Å². The summed E-state index contributed by atoms with van der Waals surface area (Å²) in [5, 5.41) is 6.27. The number of nitrogens with one attached hydrogen (secondary N) is 2. The molecule has 2 N–H and O–H groups in total. The minimum atomic E-state index is -0.871. The third-order valence-corrected chi connectivity index (χ3v) is 3.33. The van der Waals surface area contributed by atoms with Gasteiger partial charge >= 0.3 is 11.8 Å². The number of ether oxygens (including phenoxy) is 2. The highest BCUT2D eigenvalue weighted by molar-refractivity contribution is 6.39. The van der Waals surface area contributed by atoms with Crippen LogP contribution >= 0.6 is 0 Å². The first kappa shape index (κ1) is 18.0. The van der Waals surface area contributed by atoms with E-state index in [2.05, 4.69) is 15.8 Å². The molecule has 0 aromatic heterocycles. The van der Waals surface area contributed by atoms with E-state index in [0.29, 0.717) is 22.7 Å². The second-order valence-electron chi connectivity index (χ2n) is 5.13. The molecule has 0 fully saturated rings. The Bertz CT molecular complexity index is 785. The number of hydrogen-bond donors (Lipinski definition) is 2. The number of carbonyl (C=O) groups is 2. The Morgan fingerprint density at radius 1 is 1.00 bits per heavy atom. The molecular weight excluding hydrogens is 322 g/mol. The van der Waals surface area contributed by atoms with E-state index in [1.807, 2.05) is 19.1 Å². The predicted octanol–water partition coefficient (Wildman–Crippen LogP) is 2.10. The Morgan fingerprint density at radius 2 is 1.72 bits per heavy atom. The molecule has 0 heterocycles. The van der Waals surface area contributed by atoms with E-state index < -0.39 is 11.8 Å². The van der Waals surface area contributed by atoms with Crippen LogP contribution in [-0.4, -0.2) is 32.2 Å². The summed E-state index contributed by atoms with van der Waals surface area (Å²) in [6.07, 6.45) is 1.38. The van der Waals surface area contributed by atoms with E-state index >= 15 is 0 Å². The largest absolute Gasteiger partial charge is 0.497 e. The average molecular weight is 341 g/mol. The monoisotopic (exact) mass is 341 g/mol. The van der Waals surface area contributed by atoms with Gasteiger partial charge in [-0.05, 0) is 31.2 Å². The molecule has 0 bridgehead atoms. The van der Waals surface area contributed by atoms with Crippen LogP contribution < -0.4 is 20.2 Å². The van der Waals surface area contributed by atoms with Gasteiger partial charge in [0.2, 0.25) is 0 Å². The number of rotatable bonds is 5. The number of aryl methyl sites for hydroxylation is 1. The molecular formula is C18H19N3O4. The van der Waals surface area contributed by atoms with Crippen molar-refractivity contribution in [3.63, 3.8) is 0 Å². The molecule has 0 atom stereocenters. The molecule has 0 aliphatic carbocycles. The van der Waals surface area contributed by atoms with E-state index in [1.165, 1.54) is 13.3 Å². The molecule has 130 valence electrons. The van der Waals surface area contributed by atoms with Crippen molar-refractivity contribution in [3.05, 3.63) is 53.6 Å². The fraction of sp³-hybridized carbons (Fsp3) is 0.167. The number of anilines is 1. The van der Waals surface area contributed by atoms with Crippen molar-refractivity contribution in [2.24, 2.45) is 5.10 Å². The highest BCUT2D eigenvalue weighted by Crippen LogP contribution is 2.22. The highest BCUT2D eigenvalue weighted by Gasteiger charge is 2.12. The lowest BCUT2D eigenvalue weighted by Gasteiger charge is -2.07. The Morgan fingerprint density at radius 3 is 2.36 bits per heavy atom. The van der Waals surface area contributed by atoms with Gasteiger partial charge < -0.3 is 14.8 Å². The molecule has 0 aliphatic heterocycles. The summed E-state index contributed by atoms with van der Waals surface area (Å²) < 4.78 is 10.3. The van der Waals surface area contributed by atoms with Crippen molar-refractivity contribution in [2.45, 2.75) is 6.92 Å². The number of carbonyl (C=O) groups excluding carboxylic acids is 2. The number of benzene rings is 2. The van der Waals surface area contributed by atoms with Crippen LogP contribution in [0.5, 0.6) is 11.5 Å². The minimum Gasteiger partial charge on any atom is -0.497 e. The molecule has 25 heavy (non-hydrogen) atoms. The number of hydrazone groups is 1. The predicted molar refractivity (Wildman–Crippen MR) is 95.1 cm³/mol. The van der Waals surface area contributed by atoms with Gasteiger partial charge in [0.05, 0.1) is 20.4 Å². The van der Waals surface area contributed by atoms with Crippen LogP contribution in [0.4, 0.5) is 5.69 Å². The van der Waals surface area contributed by atoms with Gasteiger partial charge in [0.25, 0.3) is 0 Å². The quantitative estimate of drug-likeness (QED) is 0.495. The molecule has 2 amide bonds. The van der Waals surface area contributed by atoms with Crippen LogP contribution in [0.3, 0.4) is 0 Å². The summed E-state index contributed by atoms with van der Waals surface area (Å²) in [5.41, 5.74) is 4.39. The summed E-state index contributed by atoms with van der Waals surface area (Å²) >= 11 is 0. The first-order chi connectivity index (χ1) is 12.0. The Labute approximate surface area is 145 Å². The maximum atomic E-state index is 11.8. The number of nitrogens with zero attached hydrogens (tertiary/aromatic N) is 1. The van der Waals surface area contributed by atoms with Crippen LogP contribution in [0, 0.1) is 6.92 Å². The van der Waals surface area contributed by atoms with Gasteiger partial charge in [0.15, 0.2) is 0 Å². The summed E-state index contributed by atoms with van der Waals surface area (Å²) in [5.74, 6) is -0.510. The van der Waals surface area contributed by atoms with Gasteiger partial charge in [-0.15, -0.1) is 0 Å². The topological polar surface area (TPSA) is 89.0 Å². The van der Waals surface area contributed by atoms with E-state index in [9.17, 15) is 9.59 Å². The lowest BCUT2D eigenvalue weighted by atomic mass is 10.2. The van der Waals surface area contributed by atoms with Crippen LogP contribution in [0.2, 0.25) is 0 Å². The van der Waals surface area contributed by atoms with Gasteiger partial charge in [-0.3, -0.25) is 9.59 Å². The zero-order valence-electron chi connectivity index (χ0n) is 14.2. The number of amides is 2. The van der Waals surface area contributed by atoms with Gasteiger partial charge in [0, 0.05) is 17.3 Å². The normalized spacial score (nSPS) is 10.4. The van der Waals surface area contributed by atoms with Crippen molar-refractivity contribution in [2.75, 3.05) is 19.5 Å². The van der Waals surface area contributed by atoms with Crippen LogP contribution in [0.1, 0.15) is 11.1 Å². The van der Waals surface area contributed by atoms with Crippen LogP contribution in [-0.2, 0) is 9.59 Å². The maximum Gasteiger partial charge on any atom is 0.329 e. The van der Waals surface area contributed by atoms with E-state index in [0.717, 1.165) is 5.56 Å². The second kappa shape index (κ2) is 8.49. The Kier molecular flexibility index (Phi) is 6.11. The average Bonchev–Trinajstić information content (AvgIpc) is 2.63. The molecule has 0 radical (unpaired) electrons. The van der Waals surface area contributed by atoms with E-state index in [4.69, 9.17) is 9.47 Å². The smallest absolute Gasteiger partial charge is 0.329 e. The molecule has 7 heteroatoms. The molecule has 0 spiro atoms. The Hall–Kier alpha value is -3.35.